The monoisotopic (exact) mass is 203 g/mol. The minimum Gasteiger partial charge on any atom is -0.351 e. The van der Waals surface area contributed by atoms with Crippen LogP contribution in [0, 0.1) is 6.92 Å². The lowest BCUT2D eigenvalue weighted by atomic mass is 10.2. The highest BCUT2D eigenvalue weighted by Crippen LogP contribution is 2.14. The summed E-state index contributed by atoms with van der Waals surface area (Å²) in [7, 11) is 2.02. The Balaban J connectivity index is 0.000000921. The third-order valence-electron chi connectivity index (χ3n) is 1.85. The average molecular weight is 203 g/mol. The molecule has 0 heterocycles. The number of anilines is 1. The largest absolute Gasteiger partial charge is 0.351 e. The molecule has 1 rings (SSSR count). The minimum atomic E-state index is 1.19. The van der Waals surface area contributed by atoms with Crippen molar-refractivity contribution in [2.24, 2.45) is 0 Å². The van der Waals surface area contributed by atoms with Crippen LogP contribution in [0.3, 0.4) is 0 Å². The fourth-order valence-electron chi connectivity index (χ4n) is 1.12. The van der Waals surface area contributed by atoms with Gasteiger partial charge < -0.3 is 4.90 Å². The van der Waals surface area contributed by atoms with Crippen LogP contribution in [0.4, 0.5) is 5.69 Å². The molecule has 0 spiro atoms. The maximum absolute atomic E-state index is 3.63. The molecule has 0 N–H and O–H groups in total. The smallest absolute Gasteiger partial charge is 0.0406 e. The number of rotatable bonds is 3. The normalized spacial score (nSPS) is 9.33. The van der Waals surface area contributed by atoms with E-state index in [0.29, 0.717) is 0 Å². The summed E-state index contributed by atoms with van der Waals surface area (Å²) in [4.78, 5) is 2.06. The molecule has 0 aliphatic heterocycles. The van der Waals surface area contributed by atoms with Gasteiger partial charge in [-0.25, -0.2) is 0 Å². The van der Waals surface area contributed by atoms with Crippen molar-refractivity contribution in [2.75, 3.05) is 11.9 Å². The van der Waals surface area contributed by atoms with Crippen LogP contribution in [0.2, 0.25) is 0 Å². The van der Waals surface area contributed by atoms with E-state index in [1.165, 1.54) is 11.3 Å². The molecule has 82 valence electrons. The number of aryl methyl sites for hydroxylation is 1. The summed E-state index contributed by atoms with van der Waals surface area (Å²) in [6, 6.07) is 8.38. The summed E-state index contributed by atoms with van der Waals surface area (Å²) in [6.07, 6.45) is 5.68. The second kappa shape index (κ2) is 7.86. The Morgan fingerprint density at radius 2 is 1.93 bits per heavy atom. The quantitative estimate of drug-likeness (QED) is 0.667. The Kier molecular flexibility index (Phi) is 7.08. The second-order valence-corrected chi connectivity index (χ2v) is 3.03. The maximum Gasteiger partial charge on any atom is 0.0406 e. The van der Waals surface area contributed by atoms with Gasteiger partial charge in [0.05, 0.1) is 0 Å². The molecule has 0 atom stereocenters. The van der Waals surface area contributed by atoms with Crippen molar-refractivity contribution in [3.05, 3.63) is 54.8 Å². The van der Waals surface area contributed by atoms with Crippen molar-refractivity contribution in [3.63, 3.8) is 0 Å². The van der Waals surface area contributed by atoms with E-state index in [-0.39, 0.29) is 0 Å². The first-order chi connectivity index (χ1) is 7.24. The molecule has 1 heteroatoms. The zero-order valence-corrected chi connectivity index (χ0v) is 10.2. The topological polar surface area (TPSA) is 3.24 Å². The molecule has 1 aromatic rings. The standard InChI is InChI=1S/C12H15N.C2H6/c1-4-5-9-13(3)12-8-6-7-11(2)10-12;1-2/h4-10H,1H2,2-3H3;1-2H3/b9-5-;. The molecule has 1 nitrogen and oxygen atoms in total. The molecule has 0 saturated heterocycles. The Morgan fingerprint density at radius 3 is 2.47 bits per heavy atom. The lowest BCUT2D eigenvalue weighted by Gasteiger charge is -2.13. The van der Waals surface area contributed by atoms with Crippen molar-refractivity contribution >= 4 is 5.69 Å². The molecule has 0 bridgehead atoms. The molecular formula is C14H21N. The minimum absolute atomic E-state index is 1.19. The van der Waals surface area contributed by atoms with Gasteiger partial charge in [-0.2, -0.15) is 0 Å². The number of hydrogen-bond donors (Lipinski definition) is 0. The average Bonchev–Trinajstić information content (AvgIpc) is 2.28. The van der Waals surface area contributed by atoms with E-state index in [1.807, 2.05) is 33.2 Å². The lowest BCUT2D eigenvalue weighted by molar-refractivity contribution is 1.20. The summed E-state index contributed by atoms with van der Waals surface area (Å²) < 4.78 is 0. The van der Waals surface area contributed by atoms with Crippen LogP contribution < -0.4 is 4.90 Å². The number of hydrogen-bond acceptors (Lipinski definition) is 1. The number of nitrogens with zero attached hydrogens (tertiary/aromatic N) is 1. The highest BCUT2D eigenvalue weighted by molar-refractivity contribution is 5.50. The van der Waals surface area contributed by atoms with E-state index in [4.69, 9.17) is 0 Å². The van der Waals surface area contributed by atoms with Gasteiger partial charge in [-0.3, -0.25) is 0 Å². The summed E-state index contributed by atoms with van der Waals surface area (Å²) in [6.45, 7) is 9.72. The molecule has 0 aliphatic rings. The van der Waals surface area contributed by atoms with Gasteiger partial charge in [0.25, 0.3) is 0 Å². The zero-order valence-electron chi connectivity index (χ0n) is 10.2. The Hall–Kier alpha value is -1.50. The van der Waals surface area contributed by atoms with Gasteiger partial charge in [-0.1, -0.05) is 38.6 Å². The van der Waals surface area contributed by atoms with Gasteiger partial charge in [0.2, 0.25) is 0 Å². The fraction of sp³-hybridized carbons (Fsp3) is 0.286. The van der Waals surface area contributed by atoms with Crippen LogP contribution in [-0.4, -0.2) is 7.05 Å². The predicted octanol–water partition coefficient (Wildman–Crippen LogP) is 4.16. The first kappa shape index (κ1) is 13.5. The van der Waals surface area contributed by atoms with Crippen molar-refractivity contribution in [3.8, 4) is 0 Å². The summed E-state index contributed by atoms with van der Waals surface area (Å²) in [5.41, 5.74) is 2.47. The van der Waals surface area contributed by atoms with Crippen LogP contribution in [0.1, 0.15) is 19.4 Å². The van der Waals surface area contributed by atoms with Gasteiger partial charge in [-0.15, -0.1) is 0 Å². The molecule has 0 aromatic heterocycles. The lowest BCUT2D eigenvalue weighted by Crippen LogP contribution is -2.07. The van der Waals surface area contributed by atoms with Crippen molar-refractivity contribution in [2.45, 2.75) is 20.8 Å². The van der Waals surface area contributed by atoms with Crippen molar-refractivity contribution in [1.82, 2.24) is 0 Å². The molecule has 15 heavy (non-hydrogen) atoms. The first-order valence-electron chi connectivity index (χ1n) is 5.33. The number of allylic oxidation sites excluding steroid dienone is 2. The zero-order chi connectivity index (χ0) is 11.7. The molecule has 1 aromatic carbocycles. The third-order valence-corrected chi connectivity index (χ3v) is 1.85. The van der Waals surface area contributed by atoms with Crippen LogP contribution >= 0.6 is 0 Å². The molecule has 0 amide bonds. The molecule has 0 unspecified atom stereocenters. The summed E-state index contributed by atoms with van der Waals surface area (Å²) in [5.74, 6) is 0. The summed E-state index contributed by atoms with van der Waals surface area (Å²) >= 11 is 0. The van der Waals surface area contributed by atoms with Gasteiger partial charge >= 0.3 is 0 Å². The molecule has 0 saturated carbocycles. The van der Waals surface area contributed by atoms with Crippen molar-refractivity contribution < 1.29 is 0 Å². The third kappa shape index (κ3) is 5.06. The summed E-state index contributed by atoms with van der Waals surface area (Å²) in [5, 5.41) is 0. The van der Waals surface area contributed by atoms with Gasteiger partial charge in [-0.05, 0) is 30.7 Å². The van der Waals surface area contributed by atoms with Crippen LogP contribution in [-0.2, 0) is 0 Å². The van der Waals surface area contributed by atoms with E-state index in [9.17, 15) is 0 Å². The van der Waals surface area contributed by atoms with E-state index in [1.54, 1.807) is 6.08 Å². The molecular weight excluding hydrogens is 182 g/mol. The fourth-order valence-corrected chi connectivity index (χ4v) is 1.12. The Labute approximate surface area is 93.7 Å². The second-order valence-electron chi connectivity index (χ2n) is 3.03. The SMILES string of the molecule is C=C/C=C\N(C)c1cccc(C)c1.CC. The maximum atomic E-state index is 3.63. The van der Waals surface area contributed by atoms with E-state index in [2.05, 4.69) is 42.7 Å². The molecule has 0 aliphatic carbocycles. The Morgan fingerprint density at radius 1 is 1.27 bits per heavy atom. The van der Waals surface area contributed by atoms with Crippen LogP contribution in [0.25, 0.3) is 0 Å². The number of benzene rings is 1. The molecule has 0 radical (unpaired) electrons. The first-order valence-corrected chi connectivity index (χ1v) is 5.33. The van der Waals surface area contributed by atoms with Crippen LogP contribution in [0.15, 0.2) is 49.2 Å². The van der Waals surface area contributed by atoms with Gasteiger partial charge in [0, 0.05) is 18.9 Å². The highest BCUT2D eigenvalue weighted by atomic mass is 15.1. The van der Waals surface area contributed by atoms with Crippen molar-refractivity contribution in [1.29, 1.82) is 0 Å². The van der Waals surface area contributed by atoms with E-state index < -0.39 is 0 Å². The van der Waals surface area contributed by atoms with Crippen LogP contribution in [0.5, 0.6) is 0 Å². The highest BCUT2D eigenvalue weighted by Gasteiger charge is 1.94. The molecule has 0 fully saturated rings. The van der Waals surface area contributed by atoms with E-state index in [0.717, 1.165) is 0 Å². The predicted molar refractivity (Wildman–Crippen MR) is 70.3 cm³/mol. The van der Waals surface area contributed by atoms with Gasteiger partial charge in [0.1, 0.15) is 0 Å². The van der Waals surface area contributed by atoms with E-state index >= 15 is 0 Å². The van der Waals surface area contributed by atoms with Gasteiger partial charge in [0.15, 0.2) is 0 Å². The Bertz CT molecular complexity index is 313.